The summed E-state index contributed by atoms with van der Waals surface area (Å²) in [6.07, 6.45) is 2.99. The van der Waals surface area contributed by atoms with Gasteiger partial charge in [0.25, 0.3) is 0 Å². The molecule has 1 fully saturated rings. The summed E-state index contributed by atoms with van der Waals surface area (Å²) in [6, 6.07) is 1.49. The number of nitrogens with zero attached hydrogens (tertiary/aromatic N) is 3. The molecule has 98 valence electrons. The van der Waals surface area contributed by atoms with Crippen LogP contribution in [0.25, 0.3) is 0 Å². The standard InChI is InChI=1S/C10H14N4O4/c11-7-2-4-14(9(16)13-7)8-1-3-10(6-15,18-8)5-12-17/h2,4-5,8,15,17H,1,3,6H2,(H2,11,13,16)/t8-,10-/m1/s1. The summed E-state index contributed by atoms with van der Waals surface area (Å²) < 4.78 is 6.86. The fourth-order valence-electron chi connectivity index (χ4n) is 1.95. The highest BCUT2D eigenvalue weighted by atomic mass is 16.5. The van der Waals surface area contributed by atoms with Crippen molar-refractivity contribution in [3.05, 3.63) is 22.7 Å². The highest BCUT2D eigenvalue weighted by Crippen LogP contribution is 2.34. The normalized spacial score (nSPS) is 27.9. The SMILES string of the molecule is Nc1ccn([C@H]2CC[C@@](C=NO)(CO)O2)c(=O)n1. The zero-order chi connectivity index (χ0) is 13.2. The lowest BCUT2D eigenvalue weighted by molar-refractivity contribution is -0.0570. The van der Waals surface area contributed by atoms with Gasteiger partial charge in [-0.1, -0.05) is 5.16 Å². The second-order valence-corrected chi connectivity index (χ2v) is 4.12. The quantitative estimate of drug-likeness (QED) is 0.373. The number of aliphatic hydroxyl groups excluding tert-OH is 1. The molecule has 0 bridgehead atoms. The van der Waals surface area contributed by atoms with Gasteiger partial charge in [0.1, 0.15) is 17.6 Å². The third-order valence-corrected chi connectivity index (χ3v) is 2.91. The van der Waals surface area contributed by atoms with E-state index < -0.39 is 17.5 Å². The van der Waals surface area contributed by atoms with Crippen LogP contribution in [0.3, 0.4) is 0 Å². The molecule has 2 heterocycles. The minimum atomic E-state index is -1.06. The number of anilines is 1. The fraction of sp³-hybridized carbons (Fsp3) is 0.500. The minimum Gasteiger partial charge on any atom is -0.411 e. The number of ether oxygens (including phenoxy) is 1. The lowest BCUT2D eigenvalue weighted by Crippen LogP contribution is -2.36. The van der Waals surface area contributed by atoms with Crippen molar-refractivity contribution >= 4 is 12.0 Å². The molecule has 0 radical (unpaired) electrons. The predicted molar refractivity (Wildman–Crippen MR) is 62.4 cm³/mol. The van der Waals surface area contributed by atoms with Gasteiger partial charge in [0.2, 0.25) is 0 Å². The van der Waals surface area contributed by atoms with E-state index in [1.54, 1.807) is 0 Å². The summed E-state index contributed by atoms with van der Waals surface area (Å²) in [5, 5.41) is 20.7. The van der Waals surface area contributed by atoms with Gasteiger partial charge in [-0.05, 0) is 18.9 Å². The molecule has 1 aliphatic rings. The van der Waals surface area contributed by atoms with Crippen LogP contribution in [0.5, 0.6) is 0 Å². The second-order valence-electron chi connectivity index (χ2n) is 4.12. The Morgan fingerprint density at radius 1 is 1.78 bits per heavy atom. The average molecular weight is 254 g/mol. The van der Waals surface area contributed by atoms with Gasteiger partial charge in [-0.15, -0.1) is 0 Å². The molecule has 0 amide bonds. The molecule has 0 unspecified atom stereocenters. The van der Waals surface area contributed by atoms with Crippen molar-refractivity contribution in [2.75, 3.05) is 12.3 Å². The Balaban J connectivity index is 2.25. The van der Waals surface area contributed by atoms with Gasteiger partial charge in [-0.25, -0.2) is 4.79 Å². The van der Waals surface area contributed by atoms with Crippen molar-refractivity contribution in [2.24, 2.45) is 5.16 Å². The summed E-state index contributed by atoms with van der Waals surface area (Å²) in [5.74, 6) is 0.139. The lowest BCUT2D eigenvalue weighted by atomic mass is 10.0. The lowest BCUT2D eigenvalue weighted by Gasteiger charge is -2.22. The molecular weight excluding hydrogens is 240 g/mol. The van der Waals surface area contributed by atoms with Crippen LogP contribution in [0.1, 0.15) is 19.1 Å². The van der Waals surface area contributed by atoms with Crippen LogP contribution in [0, 0.1) is 0 Å². The van der Waals surface area contributed by atoms with Crippen LogP contribution < -0.4 is 11.4 Å². The topological polar surface area (TPSA) is 123 Å². The van der Waals surface area contributed by atoms with Gasteiger partial charge < -0.3 is 20.8 Å². The highest BCUT2D eigenvalue weighted by molar-refractivity contribution is 5.68. The first-order chi connectivity index (χ1) is 8.60. The Bertz CT molecular complexity index is 515. The van der Waals surface area contributed by atoms with Crippen LogP contribution in [-0.2, 0) is 4.74 Å². The van der Waals surface area contributed by atoms with E-state index in [9.17, 15) is 9.90 Å². The van der Waals surface area contributed by atoms with Crippen LogP contribution in [0.4, 0.5) is 5.82 Å². The van der Waals surface area contributed by atoms with Crippen molar-refractivity contribution in [3.8, 4) is 0 Å². The molecule has 0 saturated carbocycles. The molecule has 0 aliphatic carbocycles. The Morgan fingerprint density at radius 2 is 2.56 bits per heavy atom. The number of rotatable bonds is 3. The number of hydrogen-bond donors (Lipinski definition) is 3. The van der Waals surface area contributed by atoms with E-state index in [-0.39, 0.29) is 12.4 Å². The van der Waals surface area contributed by atoms with E-state index >= 15 is 0 Å². The molecule has 2 rings (SSSR count). The van der Waals surface area contributed by atoms with Gasteiger partial charge in [-0.2, -0.15) is 4.98 Å². The van der Waals surface area contributed by atoms with E-state index in [4.69, 9.17) is 15.7 Å². The van der Waals surface area contributed by atoms with Crippen LogP contribution in [0.15, 0.2) is 22.2 Å². The number of nitrogen functional groups attached to an aromatic ring is 1. The molecule has 18 heavy (non-hydrogen) atoms. The summed E-state index contributed by atoms with van der Waals surface area (Å²) in [6.45, 7) is -0.329. The maximum Gasteiger partial charge on any atom is 0.351 e. The molecule has 0 aromatic carbocycles. The zero-order valence-electron chi connectivity index (χ0n) is 9.56. The minimum absolute atomic E-state index is 0.139. The summed E-state index contributed by atoms with van der Waals surface area (Å²) >= 11 is 0. The smallest absolute Gasteiger partial charge is 0.351 e. The fourth-order valence-corrected chi connectivity index (χ4v) is 1.95. The van der Waals surface area contributed by atoms with Gasteiger partial charge >= 0.3 is 5.69 Å². The first-order valence-corrected chi connectivity index (χ1v) is 5.42. The van der Waals surface area contributed by atoms with E-state index in [0.717, 1.165) is 6.21 Å². The Hall–Kier alpha value is -1.93. The maximum atomic E-state index is 11.6. The second kappa shape index (κ2) is 4.75. The van der Waals surface area contributed by atoms with Crippen LogP contribution in [-0.4, -0.2) is 38.3 Å². The first kappa shape index (κ1) is 12.5. The van der Waals surface area contributed by atoms with Gasteiger partial charge in [0, 0.05) is 6.20 Å². The predicted octanol–water partition coefficient (Wildman–Crippen LogP) is -0.674. The number of oxime groups is 1. The van der Waals surface area contributed by atoms with E-state index in [2.05, 4.69) is 10.1 Å². The molecule has 1 aromatic heterocycles. The Morgan fingerprint density at radius 3 is 3.17 bits per heavy atom. The maximum absolute atomic E-state index is 11.6. The van der Waals surface area contributed by atoms with Crippen molar-refractivity contribution in [1.29, 1.82) is 0 Å². The monoisotopic (exact) mass is 254 g/mol. The zero-order valence-corrected chi connectivity index (χ0v) is 9.56. The number of hydrogen-bond acceptors (Lipinski definition) is 7. The Kier molecular flexibility index (Phi) is 3.30. The average Bonchev–Trinajstić information content (AvgIpc) is 2.74. The van der Waals surface area contributed by atoms with Crippen molar-refractivity contribution in [2.45, 2.75) is 24.7 Å². The molecule has 8 nitrogen and oxygen atoms in total. The number of nitrogens with two attached hydrogens (primary N) is 1. The third-order valence-electron chi connectivity index (χ3n) is 2.91. The highest BCUT2D eigenvalue weighted by Gasteiger charge is 2.40. The molecule has 8 heteroatoms. The van der Waals surface area contributed by atoms with Crippen molar-refractivity contribution in [3.63, 3.8) is 0 Å². The molecule has 2 atom stereocenters. The van der Waals surface area contributed by atoms with Crippen molar-refractivity contribution < 1.29 is 15.1 Å². The van der Waals surface area contributed by atoms with E-state index in [1.807, 2.05) is 0 Å². The molecular formula is C10H14N4O4. The van der Waals surface area contributed by atoms with Gasteiger partial charge in [0.05, 0.1) is 12.8 Å². The number of aliphatic hydroxyl groups is 1. The molecule has 4 N–H and O–H groups in total. The molecule has 1 aromatic rings. The summed E-state index contributed by atoms with van der Waals surface area (Å²) in [7, 11) is 0. The van der Waals surface area contributed by atoms with Crippen LogP contribution >= 0.6 is 0 Å². The molecule has 1 saturated heterocycles. The van der Waals surface area contributed by atoms with E-state index in [1.165, 1.54) is 16.8 Å². The van der Waals surface area contributed by atoms with Crippen LogP contribution in [0.2, 0.25) is 0 Å². The summed E-state index contributed by atoms with van der Waals surface area (Å²) in [4.78, 5) is 15.2. The first-order valence-electron chi connectivity index (χ1n) is 5.42. The Labute approximate surface area is 102 Å². The third kappa shape index (κ3) is 2.20. The largest absolute Gasteiger partial charge is 0.411 e. The number of aromatic nitrogens is 2. The van der Waals surface area contributed by atoms with Gasteiger partial charge in [-0.3, -0.25) is 4.57 Å². The molecule has 1 aliphatic heterocycles. The van der Waals surface area contributed by atoms with Gasteiger partial charge in [0.15, 0.2) is 0 Å². The summed E-state index contributed by atoms with van der Waals surface area (Å²) in [5.41, 5.74) is 3.82. The van der Waals surface area contributed by atoms with E-state index in [0.29, 0.717) is 12.8 Å². The molecule has 0 spiro atoms. The van der Waals surface area contributed by atoms with Crippen molar-refractivity contribution in [1.82, 2.24) is 9.55 Å².